The number of nitrogens with one attached hydrogen (secondary N) is 4. The standard InChI is InChI=1S/C37H37FN4O10S/c1-37(2,36(49)40-17-20-5-4-6-23(13-20)28(43)16-29(44)35(47)48)42-31(45)18-41-53(50,51)19-24-14-30-27(15-26(24)21-7-8-21)32(34(46)39-3)33(52-30)22-9-11-25(38)12-10-22/h4-6,9-16,21,41,43H,7-8,17-19H2,1-3H3,(H,39,46)(H,40,49)(H,42,45)(H,47,48)/b28-16-. The molecule has 0 unspecified atom stereocenters. The van der Waals surface area contributed by atoms with Gasteiger partial charge in [0, 0.05) is 36.2 Å². The maximum absolute atomic E-state index is 13.6. The third-order valence-corrected chi connectivity index (χ3v) is 9.77. The molecule has 1 aromatic heterocycles. The Labute approximate surface area is 303 Å². The van der Waals surface area contributed by atoms with E-state index in [-0.39, 0.29) is 34.9 Å². The number of ketones is 1. The number of hydrogen-bond donors (Lipinski definition) is 6. The SMILES string of the molecule is CNC(=O)c1c(-c2ccc(F)cc2)oc2cc(CS(=O)(=O)NCC(=O)NC(C)(C)C(=O)NCc3cccc(/C(O)=C/C(=O)C(=O)O)c3)c(C3CC3)cc12. The summed E-state index contributed by atoms with van der Waals surface area (Å²) in [5.41, 5.74) is 1.27. The predicted octanol–water partition coefficient (Wildman–Crippen LogP) is 3.66. The van der Waals surface area contributed by atoms with Crippen LogP contribution in [0.2, 0.25) is 0 Å². The van der Waals surface area contributed by atoms with Gasteiger partial charge in [-0.1, -0.05) is 18.2 Å². The summed E-state index contributed by atoms with van der Waals surface area (Å²) in [4.78, 5) is 61.0. The lowest BCUT2D eigenvalue weighted by Crippen LogP contribution is -2.56. The van der Waals surface area contributed by atoms with Gasteiger partial charge in [0.15, 0.2) is 0 Å². The van der Waals surface area contributed by atoms with Crippen LogP contribution in [0, 0.1) is 5.82 Å². The molecule has 16 heteroatoms. The molecule has 4 aromatic rings. The maximum atomic E-state index is 13.6. The zero-order valence-corrected chi connectivity index (χ0v) is 29.7. The number of furan rings is 1. The van der Waals surface area contributed by atoms with Crippen LogP contribution in [0.5, 0.6) is 0 Å². The molecule has 1 aliphatic rings. The van der Waals surface area contributed by atoms with Crippen molar-refractivity contribution in [2.24, 2.45) is 0 Å². The number of aliphatic carboxylic acids is 1. The third-order valence-electron chi connectivity index (χ3n) is 8.50. The smallest absolute Gasteiger partial charge is 0.376 e. The first-order valence-electron chi connectivity index (χ1n) is 16.4. The first kappa shape index (κ1) is 38.4. The number of hydrogen-bond acceptors (Lipinski definition) is 9. The normalized spacial score (nSPS) is 13.4. The first-order valence-corrected chi connectivity index (χ1v) is 18.0. The number of benzene rings is 3. The molecule has 0 atom stereocenters. The number of sulfonamides is 1. The summed E-state index contributed by atoms with van der Waals surface area (Å²) in [5, 5.41) is 27.1. The molecule has 1 saturated carbocycles. The van der Waals surface area contributed by atoms with E-state index in [0.717, 1.165) is 18.4 Å². The van der Waals surface area contributed by atoms with Crippen LogP contribution in [0.15, 0.2) is 71.2 Å². The van der Waals surface area contributed by atoms with E-state index in [2.05, 4.69) is 20.7 Å². The Bertz CT molecular complexity index is 2260. The van der Waals surface area contributed by atoms with Gasteiger partial charge in [-0.05, 0) is 91.8 Å². The van der Waals surface area contributed by atoms with Gasteiger partial charge < -0.3 is 30.6 Å². The molecule has 1 aliphatic carbocycles. The quantitative estimate of drug-likeness (QED) is 0.0589. The second-order valence-electron chi connectivity index (χ2n) is 13.0. The van der Waals surface area contributed by atoms with Crippen molar-refractivity contribution in [2.45, 2.75) is 50.4 Å². The van der Waals surface area contributed by atoms with E-state index in [1.165, 1.54) is 63.4 Å². The van der Waals surface area contributed by atoms with Crippen molar-refractivity contribution in [3.8, 4) is 11.3 Å². The van der Waals surface area contributed by atoms with Crippen LogP contribution in [0.25, 0.3) is 28.1 Å². The Kier molecular flexibility index (Phi) is 11.1. The highest BCUT2D eigenvalue weighted by molar-refractivity contribution is 7.88. The zero-order valence-electron chi connectivity index (χ0n) is 28.9. The number of carboxylic acid groups (broad SMARTS) is 1. The van der Waals surface area contributed by atoms with E-state index in [1.807, 2.05) is 0 Å². The van der Waals surface area contributed by atoms with Gasteiger partial charge in [0.2, 0.25) is 21.8 Å². The van der Waals surface area contributed by atoms with E-state index in [4.69, 9.17) is 9.52 Å². The highest BCUT2D eigenvalue weighted by atomic mass is 32.2. The molecule has 0 saturated heterocycles. The second kappa shape index (κ2) is 15.4. The number of halogens is 1. The number of amides is 3. The number of carboxylic acids is 1. The van der Waals surface area contributed by atoms with Crippen molar-refractivity contribution in [1.29, 1.82) is 0 Å². The lowest BCUT2D eigenvalue weighted by Gasteiger charge is -2.25. The lowest BCUT2D eigenvalue weighted by molar-refractivity contribution is -0.146. The Morgan fingerprint density at radius 2 is 1.70 bits per heavy atom. The van der Waals surface area contributed by atoms with Crippen LogP contribution in [0.4, 0.5) is 4.39 Å². The largest absolute Gasteiger partial charge is 0.507 e. The van der Waals surface area contributed by atoms with Crippen molar-refractivity contribution in [3.05, 3.63) is 100 Å². The molecule has 0 spiro atoms. The second-order valence-corrected chi connectivity index (χ2v) is 14.9. The Hall–Kier alpha value is -5.87. The molecule has 278 valence electrons. The predicted molar refractivity (Wildman–Crippen MR) is 191 cm³/mol. The fourth-order valence-corrected chi connectivity index (χ4v) is 6.76. The van der Waals surface area contributed by atoms with Gasteiger partial charge in [0.1, 0.15) is 28.5 Å². The van der Waals surface area contributed by atoms with E-state index in [9.17, 15) is 41.9 Å². The summed E-state index contributed by atoms with van der Waals surface area (Å²) in [5.74, 6) is -6.12. The highest BCUT2D eigenvalue weighted by Gasteiger charge is 2.32. The summed E-state index contributed by atoms with van der Waals surface area (Å²) < 4.78 is 48.5. The lowest BCUT2D eigenvalue weighted by atomic mass is 9.98. The molecule has 3 amide bonds. The number of aliphatic hydroxyl groups is 1. The summed E-state index contributed by atoms with van der Waals surface area (Å²) in [7, 11) is -2.63. The van der Waals surface area contributed by atoms with Crippen LogP contribution in [-0.4, -0.2) is 67.2 Å². The topological polar surface area (TPSA) is 221 Å². The Morgan fingerprint density at radius 3 is 2.34 bits per heavy atom. The fraction of sp³-hybridized carbons (Fsp3) is 0.270. The Morgan fingerprint density at radius 1 is 1.00 bits per heavy atom. The first-order chi connectivity index (χ1) is 25.0. The van der Waals surface area contributed by atoms with Crippen molar-refractivity contribution < 1.29 is 51.4 Å². The molecule has 1 heterocycles. The minimum atomic E-state index is -4.11. The average Bonchev–Trinajstić information content (AvgIpc) is 3.89. The van der Waals surface area contributed by atoms with Crippen LogP contribution in [-0.2, 0) is 41.5 Å². The van der Waals surface area contributed by atoms with Gasteiger partial charge in [-0.15, -0.1) is 0 Å². The average molecular weight is 749 g/mol. The van der Waals surface area contributed by atoms with Crippen molar-refractivity contribution in [2.75, 3.05) is 13.6 Å². The zero-order chi connectivity index (χ0) is 38.7. The molecule has 14 nitrogen and oxygen atoms in total. The molecule has 0 aliphatic heterocycles. The molecular weight excluding hydrogens is 711 g/mol. The molecule has 1 fully saturated rings. The molecule has 0 radical (unpaired) electrons. The summed E-state index contributed by atoms with van der Waals surface area (Å²) >= 11 is 0. The van der Waals surface area contributed by atoms with E-state index < -0.39 is 68.9 Å². The number of aliphatic hydroxyl groups excluding tert-OH is 1. The number of carbonyl (C=O) groups is 5. The molecular formula is C37H37FN4O10S. The number of fused-ring (bicyclic) bond motifs is 1. The maximum Gasteiger partial charge on any atom is 0.376 e. The van der Waals surface area contributed by atoms with Crippen LogP contribution in [0.1, 0.15) is 65.2 Å². The van der Waals surface area contributed by atoms with Crippen molar-refractivity contribution in [1.82, 2.24) is 20.7 Å². The van der Waals surface area contributed by atoms with Crippen molar-refractivity contribution >= 4 is 56.2 Å². The molecule has 6 N–H and O–H groups in total. The van der Waals surface area contributed by atoms with Gasteiger partial charge in [0.25, 0.3) is 11.7 Å². The van der Waals surface area contributed by atoms with E-state index in [0.29, 0.717) is 28.2 Å². The van der Waals surface area contributed by atoms with Crippen LogP contribution in [0.3, 0.4) is 0 Å². The number of rotatable bonds is 15. The highest BCUT2D eigenvalue weighted by Crippen LogP contribution is 2.45. The summed E-state index contributed by atoms with van der Waals surface area (Å²) in [6.07, 6.45) is 2.21. The van der Waals surface area contributed by atoms with Gasteiger partial charge in [0.05, 0.1) is 17.9 Å². The minimum Gasteiger partial charge on any atom is -0.507 e. The third kappa shape index (κ3) is 9.33. The minimum absolute atomic E-state index is 0.0574. The van der Waals surface area contributed by atoms with Gasteiger partial charge in [-0.2, -0.15) is 0 Å². The van der Waals surface area contributed by atoms with E-state index in [1.54, 1.807) is 18.2 Å². The fourth-order valence-electron chi connectivity index (χ4n) is 5.65. The molecule has 53 heavy (non-hydrogen) atoms. The molecule has 5 rings (SSSR count). The number of carbonyl (C=O) groups excluding carboxylic acids is 4. The molecule has 0 bridgehead atoms. The monoisotopic (exact) mass is 748 g/mol. The van der Waals surface area contributed by atoms with E-state index >= 15 is 0 Å². The Balaban J connectivity index is 1.24. The molecule has 3 aromatic carbocycles. The van der Waals surface area contributed by atoms with Crippen molar-refractivity contribution in [3.63, 3.8) is 0 Å². The summed E-state index contributed by atoms with van der Waals surface area (Å²) in [6.45, 7) is 2.12. The van der Waals surface area contributed by atoms with Gasteiger partial charge >= 0.3 is 5.97 Å². The van der Waals surface area contributed by atoms with Crippen LogP contribution < -0.4 is 20.7 Å². The van der Waals surface area contributed by atoms with Crippen LogP contribution >= 0.6 is 0 Å². The van der Waals surface area contributed by atoms with Gasteiger partial charge in [-0.25, -0.2) is 22.3 Å². The van der Waals surface area contributed by atoms with Gasteiger partial charge in [-0.3, -0.25) is 19.2 Å². The summed E-state index contributed by atoms with van der Waals surface area (Å²) in [6, 6.07) is 14.8.